The minimum absolute atomic E-state index is 0.0320. The number of carbonyl (C=O) groups excluding carboxylic acids is 1. The van der Waals surface area contributed by atoms with Gasteiger partial charge in [-0.15, -0.1) is 0 Å². The number of hydrogen-bond acceptors (Lipinski definition) is 4. The Hall–Kier alpha value is -2.35. The minimum atomic E-state index is -2.98. The Balaban J connectivity index is 1.44. The molecule has 0 aliphatic carbocycles. The standard InChI is InChI=1S/C16H20N4O3S/c21-16(19-14-7-9-24(22,23)12-14)17-8-6-13-10-18-20(11-13)15-4-2-1-3-5-15/h1-5,10-11,14H,6-9,12H2,(H2,17,19,21)/t14-/m1/s1. The van der Waals surface area contributed by atoms with Crippen molar-refractivity contribution in [3.8, 4) is 5.69 Å². The minimum Gasteiger partial charge on any atom is -0.338 e. The first-order valence-corrected chi connectivity index (χ1v) is 9.68. The predicted octanol–water partition coefficient (Wildman–Crippen LogP) is 0.901. The van der Waals surface area contributed by atoms with E-state index in [1.165, 1.54) is 0 Å². The molecule has 1 aromatic heterocycles. The zero-order chi connectivity index (χ0) is 17.0. The Labute approximate surface area is 141 Å². The molecule has 0 spiro atoms. The van der Waals surface area contributed by atoms with Gasteiger partial charge in [-0.2, -0.15) is 5.10 Å². The van der Waals surface area contributed by atoms with Crippen LogP contribution in [-0.4, -0.2) is 48.3 Å². The first-order chi connectivity index (χ1) is 11.5. The molecule has 2 heterocycles. The van der Waals surface area contributed by atoms with Crippen molar-refractivity contribution in [2.24, 2.45) is 0 Å². The second kappa shape index (κ2) is 7.04. The van der Waals surface area contributed by atoms with Gasteiger partial charge >= 0.3 is 6.03 Å². The van der Waals surface area contributed by atoms with Gasteiger partial charge in [0.15, 0.2) is 9.84 Å². The average molecular weight is 348 g/mol. The van der Waals surface area contributed by atoms with E-state index < -0.39 is 9.84 Å². The molecular weight excluding hydrogens is 328 g/mol. The van der Waals surface area contributed by atoms with Gasteiger partial charge in [-0.1, -0.05) is 18.2 Å². The lowest BCUT2D eigenvalue weighted by Gasteiger charge is -2.11. The van der Waals surface area contributed by atoms with E-state index in [0.717, 1.165) is 11.3 Å². The van der Waals surface area contributed by atoms with E-state index in [1.807, 2.05) is 36.5 Å². The summed E-state index contributed by atoms with van der Waals surface area (Å²) in [6.45, 7) is 0.464. The first kappa shape index (κ1) is 16.5. The van der Waals surface area contributed by atoms with E-state index >= 15 is 0 Å². The molecule has 1 aliphatic heterocycles. The molecule has 8 heteroatoms. The molecule has 3 rings (SSSR count). The van der Waals surface area contributed by atoms with Crippen LogP contribution >= 0.6 is 0 Å². The summed E-state index contributed by atoms with van der Waals surface area (Å²) in [6.07, 6.45) is 4.84. The Bertz CT molecular complexity index is 802. The highest BCUT2D eigenvalue weighted by Gasteiger charge is 2.28. The van der Waals surface area contributed by atoms with Crippen LogP contribution < -0.4 is 10.6 Å². The summed E-state index contributed by atoms with van der Waals surface area (Å²) in [4.78, 5) is 11.8. The normalized spacial score (nSPS) is 19.1. The number of amides is 2. The maximum absolute atomic E-state index is 11.8. The SMILES string of the molecule is O=C(NCCc1cnn(-c2ccccc2)c1)N[C@@H]1CCS(=O)(=O)C1. The zero-order valence-corrected chi connectivity index (χ0v) is 14.0. The summed E-state index contributed by atoms with van der Waals surface area (Å²) in [5.41, 5.74) is 2.00. The third kappa shape index (κ3) is 4.35. The molecule has 1 aliphatic rings. The predicted molar refractivity (Wildman–Crippen MR) is 90.9 cm³/mol. The molecule has 0 unspecified atom stereocenters. The smallest absolute Gasteiger partial charge is 0.315 e. The third-order valence-corrected chi connectivity index (χ3v) is 5.69. The van der Waals surface area contributed by atoms with E-state index in [0.29, 0.717) is 19.4 Å². The Kier molecular flexibility index (Phi) is 4.84. The lowest BCUT2D eigenvalue weighted by atomic mass is 10.2. The number of sulfone groups is 1. The van der Waals surface area contributed by atoms with Gasteiger partial charge in [-0.05, 0) is 30.5 Å². The van der Waals surface area contributed by atoms with Crippen molar-refractivity contribution >= 4 is 15.9 Å². The lowest BCUT2D eigenvalue weighted by Crippen LogP contribution is -2.43. The van der Waals surface area contributed by atoms with Crippen molar-refractivity contribution in [3.63, 3.8) is 0 Å². The molecule has 1 atom stereocenters. The molecule has 1 saturated heterocycles. The fourth-order valence-corrected chi connectivity index (χ4v) is 4.35. The van der Waals surface area contributed by atoms with E-state index in [-0.39, 0.29) is 23.6 Å². The number of hydrogen-bond donors (Lipinski definition) is 2. The summed E-state index contributed by atoms with van der Waals surface area (Å²) in [6, 6.07) is 9.18. The van der Waals surface area contributed by atoms with Crippen LogP contribution in [0.5, 0.6) is 0 Å². The maximum atomic E-state index is 11.8. The molecule has 1 aromatic carbocycles. The largest absolute Gasteiger partial charge is 0.338 e. The molecule has 24 heavy (non-hydrogen) atoms. The quantitative estimate of drug-likeness (QED) is 0.840. The second-order valence-electron chi connectivity index (χ2n) is 5.88. The van der Waals surface area contributed by atoms with Crippen LogP contribution in [0.25, 0.3) is 5.69 Å². The van der Waals surface area contributed by atoms with Crippen molar-refractivity contribution in [2.75, 3.05) is 18.1 Å². The van der Waals surface area contributed by atoms with Crippen molar-refractivity contribution in [2.45, 2.75) is 18.9 Å². The summed E-state index contributed by atoms with van der Waals surface area (Å²) in [5, 5.41) is 9.76. The zero-order valence-electron chi connectivity index (χ0n) is 13.2. The number of nitrogens with one attached hydrogen (secondary N) is 2. The van der Waals surface area contributed by atoms with Crippen LogP contribution in [0.1, 0.15) is 12.0 Å². The molecule has 2 aromatic rings. The van der Waals surface area contributed by atoms with Crippen LogP contribution in [0.4, 0.5) is 4.79 Å². The van der Waals surface area contributed by atoms with Crippen LogP contribution in [0.15, 0.2) is 42.7 Å². The molecule has 2 amide bonds. The molecule has 0 bridgehead atoms. The monoisotopic (exact) mass is 348 g/mol. The highest BCUT2D eigenvalue weighted by molar-refractivity contribution is 7.91. The van der Waals surface area contributed by atoms with Crippen LogP contribution in [0.2, 0.25) is 0 Å². The lowest BCUT2D eigenvalue weighted by molar-refractivity contribution is 0.238. The number of para-hydroxylation sites is 1. The number of nitrogens with zero attached hydrogens (tertiary/aromatic N) is 2. The summed E-state index contributed by atoms with van der Waals surface area (Å²) < 4.78 is 24.5. The van der Waals surface area contributed by atoms with Crippen molar-refractivity contribution in [1.82, 2.24) is 20.4 Å². The number of aromatic nitrogens is 2. The van der Waals surface area contributed by atoms with Crippen molar-refractivity contribution < 1.29 is 13.2 Å². The van der Waals surface area contributed by atoms with Gasteiger partial charge in [0, 0.05) is 18.8 Å². The van der Waals surface area contributed by atoms with Crippen LogP contribution in [0, 0.1) is 0 Å². The van der Waals surface area contributed by atoms with Crippen molar-refractivity contribution in [3.05, 3.63) is 48.3 Å². The molecule has 1 fully saturated rings. The fraction of sp³-hybridized carbons (Fsp3) is 0.375. The van der Waals surface area contributed by atoms with Gasteiger partial charge in [-0.25, -0.2) is 17.9 Å². The number of benzene rings is 1. The van der Waals surface area contributed by atoms with Crippen molar-refractivity contribution in [1.29, 1.82) is 0 Å². The van der Waals surface area contributed by atoms with Crippen LogP contribution in [0.3, 0.4) is 0 Å². The van der Waals surface area contributed by atoms with E-state index in [2.05, 4.69) is 15.7 Å². The summed E-state index contributed by atoms with van der Waals surface area (Å²) in [7, 11) is -2.98. The first-order valence-electron chi connectivity index (χ1n) is 7.86. The van der Waals surface area contributed by atoms with Gasteiger partial charge in [0.1, 0.15) is 0 Å². The van der Waals surface area contributed by atoms with Gasteiger partial charge in [0.05, 0.1) is 23.4 Å². The van der Waals surface area contributed by atoms with E-state index in [4.69, 9.17) is 0 Å². The summed E-state index contributed by atoms with van der Waals surface area (Å²) >= 11 is 0. The highest BCUT2D eigenvalue weighted by atomic mass is 32.2. The molecule has 128 valence electrons. The summed E-state index contributed by atoms with van der Waals surface area (Å²) in [5.74, 6) is 0.181. The maximum Gasteiger partial charge on any atom is 0.315 e. The van der Waals surface area contributed by atoms with Gasteiger partial charge < -0.3 is 10.6 Å². The van der Waals surface area contributed by atoms with Gasteiger partial charge in [0.25, 0.3) is 0 Å². The second-order valence-corrected chi connectivity index (χ2v) is 8.11. The Morgan fingerprint density at radius 3 is 2.79 bits per heavy atom. The molecular formula is C16H20N4O3S. The molecule has 0 saturated carbocycles. The topological polar surface area (TPSA) is 93.1 Å². The average Bonchev–Trinajstić information content (AvgIpc) is 3.15. The Morgan fingerprint density at radius 1 is 1.29 bits per heavy atom. The van der Waals surface area contributed by atoms with Gasteiger partial charge in [0.2, 0.25) is 0 Å². The highest BCUT2D eigenvalue weighted by Crippen LogP contribution is 2.11. The van der Waals surface area contributed by atoms with E-state index in [9.17, 15) is 13.2 Å². The number of urea groups is 1. The van der Waals surface area contributed by atoms with Crippen LogP contribution in [-0.2, 0) is 16.3 Å². The van der Waals surface area contributed by atoms with Gasteiger partial charge in [-0.3, -0.25) is 0 Å². The molecule has 2 N–H and O–H groups in total. The number of rotatable bonds is 5. The molecule has 7 nitrogen and oxygen atoms in total. The molecule has 0 radical (unpaired) electrons. The number of carbonyl (C=O) groups is 1. The fourth-order valence-electron chi connectivity index (χ4n) is 2.68. The van der Waals surface area contributed by atoms with E-state index in [1.54, 1.807) is 10.9 Å². The third-order valence-electron chi connectivity index (χ3n) is 3.92. The Morgan fingerprint density at radius 2 is 2.08 bits per heavy atom.